The van der Waals surface area contributed by atoms with Gasteiger partial charge in [-0.05, 0) is 0 Å². The van der Waals surface area contributed by atoms with Gasteiger partial charge in [0.2, 0.25) is 0 Å². The third-order valence-electron chi connectivity index (χ3n) is 0. The SMILES string of the molecule is [La].[La].[La].[La].[La].[La].[La].[La].[La].[La].[La].[La].[La].[La].[La].[La].[La].[La].[La].[La].[La].[La].[La].[La].[La].[La].[La].[La].[La].[La].[La].[La].[La].[La].[La].[La].[La].[La].[La].[La].[La].[La].[La].[La].[La].[La].[La].[La].[La].[La].[La].[La].[La].[La].[La].[La].[La].[La].[La].[La].[La].[La].[La].[La].[La].[La].[La].[La].[La].[La].[La].[La].[La].[La].[La].[La].[La].[La].[La].[La].[La].[La].[La].[La].[La].[La].[La].[La].[La].[La].[La].[La].[La].[La].[La].[La].[La].[La].[La].[La].[La].[La].[La]. The Hall–Kier alpha value is 123. The maximum absolute atomic E-state index is 0. The van der Waals surface area contributed by atoms with Gasteiger partial charge in [0.05, 0.1) is 0 Å². The molecule has 0 amide bonds. The van der Waals surface area contributed by atoms with Crippen LogP contribution in [0.3, 0.4) is 0 Å². The molecule has 0 aromatic rings. The molecular weight excluding hydrogens is 14300 g/mol. The van der Waals surface area contributed by atoms with Crippen LogP contribution in [0, 0.1) is 3670 Å². The van der Waals surface area contributed by atoms with Crippen LogP contribution in [0.1, 0.15) is 0 Å². The summed E-state index contributed by atoms with van der Waals surface area (Å²) in [6, 6.07) is 0. The van der Waals surface area contributed by atoms with Gasteiger partial charge in [-0.15, -0.1) is 0 Å². The summed E-state index contributed by atoms with van der Waals surface area (Å²) in [5, 5.41) is 0. The van der Waals surface area contributed by atoms with Crippen molar-refractivity contribution in [3.05, 3.63) is 0 Å². The topological polar surface area (TPSA) is 0 Å². The molecule has 0 heterocycles. The summed E-state index contributed by atoms with van der Waals surface area (Å²) in [7, 11) is 0. The van der Waals surface area contributed by atoms with E-state index in [9.17, 15) is 0 Å². The van der Waals surface area contributed by atoms with Crippen LogP contribution in [0.15, 0.2) is 0 Å². The van der Waals surface area contributed by atoms with Crippen LogP contribution in [0.5, 0.6) is 0 Å². The summed E-state index contributed by atoms with van der Waals surface area (Å²) >= 11 is 0. The molecular formula is La103. The first-order valence-electron chi connectivity index (χ1n) is 0. The van der Waals surface area contributed by atoms with Crippen molar-refractivity contribution in [2.24, 2.45) is 0 Å². The second kappa shape index (κ2) is 746. The van der Waals surface area contributed by atoms with Crippen LogP contribution in [-0.4, -0.2) is 0 Å². The number of rotatable bonds is 0. The van der Waals surface area contributed by atoms with E-state index < -0.39 is 0 Å². The molecule has 0 spiro atoms. The fraction of sp³-hybridized carbons (Fsp3) is 0. The Morgan fingerprint density at radius 1 is 0.00971 bits per heavy atom. The number of hydrogen-bond donors (Lipinski definition) is 0. The minimum absolute atomic E-state index is 0. The van der Waals surface area contributed by atoms with E-state index in [1.54, 1.807) is 0 Å². The third-order valence-corrected chi connectivity index (χ3v) is 0. The van der Waals surface area contributed by atoms with Gasteiger partial charge in [0.1, 0.15) is 0 Å². The zero-order chi connectivity index (χ0) is 0. The monoisotopic (exact) mass is 14300 g/mol. The molecule has 103 heteroatoms. The molecule has 0 N–H and O–H groups in total. The van der Waals surface area contributed by atoms with Crippen molar-refractivity contribution in [1.82, 2.24) is 0 Å². The Morgan fingerprint density at radius 2 is 0.00971 bits per heavy atom. The van der Waals surface area contributed by atoms with Crippen molar-refractivity contribution in [2.45, 2.75) is 0 Å². The van der Waals surface area contributed by atoms with Gasteiger partial charge in [0, 0.05) is 3670 Å². The first-order chi connectivity index (χ1) is 0. The molecule has 0 fully saturated rings. The molecule has 0 aliphatic carbocycles. The molecule has 103 radical (unpaired) electrons. The van der Waals surface area contributed by atoms with E-state index >= 15 is 0 Å². The fourth-order valence-electron chi connectivity index (χ4n) is 0. The van der Waals surface area contributed by atoms with Gasteiger partial charge in [-0.25, -0.2) is 0 Å². The van der Waals surface area contributed by atoms with E-state index in [-0.39, 0.29) is 3670 Å². The first kappa shape index (κ1) is 756. The van der Waals surface area contributed by atoms with E-state index in [4.69, 9.17) is 0 Å². The Kier molecular flexibility index (Phi) is 5480. The van der Waals surface area contributed by atoms with Gasteiger partial charge >= 0.3 is 0 Å². The van der Waals surface area contributed by atoms with E-state index in [2.05, 4.69) is 0 Å². The van der Waals surface area contributed by atoms with E-state index in [0.717, 1.165) is 0 Å². The molecule has 103 heavy (non-hydrogen) atoms. The minimum Gasteiger partial charge on any atom is 0 e. The van der Waals surface area contributed by atoms with E-state index in [0.29, 0.717) is 0 Å². The van der Waals surface area contributed by atoms with Gasteiger partial charge in [-0.2, -0.15) is 0 Å². The summed E-state index contributed by atoms with van der Waals surface area (Å²) in [6.07, 6.45) is 0. The fourth-order valence-corrected chi connectivity index (χ4v) is 0. The molecule has 0 unspecified atom stereocenters. The van der Waals surface area contributed by atoms with Gasteiger partial charge in [-0.3, -0.25) is 0 Å². The average molecular weight is 14300 g/mol. The second-order valence-electron chi connectivity index (χ2n) is 0. The summed E-state index contributed by atoms with van der Waals surface area (Å²) in [6.45, 7) is 0. The predicted octanol–water partition coefficient (Wildman–Crippen LogP) is 0. The smallest absolute Gasteiger partial charge is 0 e. The van der Waals surface area contributed by atoms with Crippen LogP contribution < -0.4 is 0 Å². The van der Waals surface area contributed by atoms with Gasteiger partial charge in [0.25, 0.3) is 0 Å². The molecule has 0 aliphatic rings. The molecule has 0 nitrogen and oxygen atoms in total. The second-order valence-corrected chi connectivity index (χ2v) is 0. The molecule has 0 atom stereocenters. The zero-order valence-electron chi connectivity index (χ0n) is 59.5. The van der Waals surface area contributed by atoms with Crippen LogP contribution in [0.2, 0.25) is 0 Å². The van der Waals surface area contributed by atoms with E-state index in [1.165, 1.54) is 0 Å². The van der Waals surface area contributed by atoms with Crippen molar-refractivity contribution < 1.29 is 3670 Å². The molecule has 0 aromatic heterocycles. The first-order valence-corrected chi connectivity index (χ1v) is 0. The van der Waals surface area contributed by atoms with Crippen LogP contribution in [0.25, 0.3) is 0 Å². The zero-order valence-corrected chi connectivity index (χ0v) is 433. The standard InChI is InChI=1S/103La. The summed E-state index contributed by atoms with van der Waals surface area (Å²) in [5.41, 5.74) is 0. The maximum Gasteiger partial charge on any atom is 0 e. The third kappa shape index (κ3) is 739. The quantitative estimate of drug-likeness (QED) is 0.321. The van der Waals surface area contributed by atoms with Crippen LogP contribution >= 0.6 is 0 Å². The van der Waals surface area contributed by atoms with Crippen molar-refractivity contribution in [3.8, 4) is 0 Å². The molecule has 0 aliphatic heterocycles. The molecule has 0 saturated heterocycles. The Morgan fingerprint density at radius 3 is 0.00971 bits per heavy atom. The number of hydrogen-bond acceptors (Lipinski definition) is 0. The van der Waals surface area contributed by atoms with Crippen molar-refractivity contribution in [3.63, 3.8) is 0 Å². The predicted molar refractivity (Wildman–Crippen MR) is 0 cm³/mol. The molecule has 0 bridgehead atoms. The largest absolute Gasteiger partial charge is 0 e. The minimum atomic E-state index is 0. The van der Waals surface area contributed by atoms with Gasteiger partial charge in [0.15, 0.2) is 0 Å². The Balaban J connectivity index is 0. The average Bonchev–Trinajstić information content (AvgIpc) is 0. The molecule has 0 saturated carbocycles. The van der Waals surface area contributed by atoms with Crippen LogP contribution in [0.4, 0.5) is 0 Å². The normalized spacial score (nSPS) is 0. The van der Waals surface area contributed by atoms with Gasteiger partial charge < -0.3 is 0 Å². The van der Waals surface area contributed by atoms with Crippen LogP contribution in [-0.2, 0) is 0 Å². The summed E-state index contributed by atoms with van der Waals surface area (Å²) < 4.78 is 0. The molecule has 0 aromatic carbocycles. The van der Waals surface area contributed by atoms with E-state index in [1.807, 2.05) is 0 Å². The summed E-state index contributed by atoms with van der Waals surface area (Å²) in [4.78, 5) is 0. The Bertz CT molecular complexity index is 0. The van der Waals surface area contributed by atoms with Crippen molar-refractivity contribution in [1.29, 1.82) is 0 Å². The maximum atomic E-state index is 0. The Labute approximate surface area is 3510 Å². The van der Waals surface area contributed by atoms with Gasteiger partial charge in [-0.1, -0.05) is 0 Å². The molecule has 0 rings (SSSR count). The van der Waals surface area contributed by atoms with Crippen molar-refractivity contribution in [2.75, 3.05) is 0 Å². The van der Waals surface area contributed by atoms with Crippen molar-refractivity contribution >= 4 is 0 Å². The molecule has 309 valence electrons. The summed E-state index contributed by atoms with van der Waals surface area (Å²) in [5.74, 6) is 0.